The molecule has 1 unspecified atom stereocenters. The minimum Gasteiger partial charge on any atom is -0.326 e. The van der Waals surface area contributed by atoms with E-state index in [1.165, 1.54) is 28.4 Å². The van der Waals surface area contributed by atoms with E-state index in [4.69, 9.17) is 51.4 Å². The van der Waals surface area contributed by atoms with Crippen molar-refractivity contribution in [1.29, 1.82) is 0 Å². The second kappa shape index (κ2) is 15.6. The van der Waals surface area contributed by atoms with Gasteiger partial charge in [0.2, 0.25) is 5.91 Å². The van der Waals surface area contributed by atoms with Gasteiger partial charge in [-0.05, 0) is 67.9 Å². The predicted octanol–water partition coefficient (Wildman–Crippen LogP) is 9.30. The van der Waals surface area contributed by atoms with Crippen molar-refractivity contribution in [3.05, 3.63) is 105 Å². The van der Waals surface area contributed by atoms with Gasteiger partial charge in [0.15, 0.2) is 0 Å². The molecule has 0 aromatic heterocycles. The zero-order valence-corrected chi connectivity index (χ0v) is 31.2. The van der Waals surface area contributed by atoms with E-state index in [1.807, 2.05) is 13.8 Å². The lowest BCUT2D eigenvalue weighted by Crippen LogP contribution is -2.36. The highest BCUT2D eigenvalue weighted by atomic mass is 35.5. The molecule has 1 atom stereocenters. The van der Waals surface area contributed by atoms with Crippen molar-refractivity contribution >= 4 is 109 Å². The van der Waals surface area contributed by atoms with Crippen LogP contribution in [0.2, 0.25) is 20.1 Å². The van der Waals surface area contributed by atoms with Crippen molar-refractivity contribution < 1.29 is 18.0 Å². The summed E-state index contributed by atoms with van der Waals surface area (Å²) in [6, 6.07) is 21.4. The van der Waals surface area contributed by atoms with Gasteiger partial charge in [-0.2, -0.15) is 0 Å². The SMILES string of the molecule is CCCCN(c1ccccc1SC1C(=O)N(c2c(Cl)cc(Cl)cc2Cl)NC1=Nc1cc(NC(C)=O)ccc1Cl)S(=O)(=O)c1ccc(C)cc1. The van der Waals surface area contributed by atoms with Crippen LogP contribution in [0.5, 0.6) is 0 Å². The van der Waals surface area contributed by atoms with Crippen LogP contribution in [0.4, 0.5) is 22.7 Å². The molecule has 1 aliphatic heterocycles. The Balaban J connectivity index is 1.62. The molecule has 5 rings (SSSR count). The molecule has 0 saturated carbocycles. The number of thioether (sulfide) groups is 1. The van der Waals surface area contributed by atoms with E-state index in [0.29, 0.717) is 22.7 Å². The zero-order chi connectivity index (χ0) is 35.5. The summed E-state index contributed by atoms with van der Waals surface area (Å²) in [5.74, 6) is -0.609. The summed E-state index contributed by atoms with van der Waals surface area (Å²) in [4.78, 5) is 31.4. The molecule has 4 aromatic rings. The topological polar surface area (TPSA) is 111 Å². The second-order valence-corrected chi connectivity index (χ2v) is 15.7. The minimum atomic E-state index is -3.98. The number of carbonyl (C=O) groups excluding carboxylic acids is 2. The Hall–Kier alpha value is -3.45. The lowest BCUT2D eigenvalue weighted by atomic mass is 10.2. The van der Waals surface area contributed by atoms with Crippen LogP contribution in [0.3, 0.4) is 0 Å². The Kier molecular flexibility index (Phi) is 11.7. The number of anilines is 3. The van der Waals surface area contributed by atoms with Crippen molar-refractivity contribution in [2.24, 2.45) is 4.99 Å². The number of carbonyl (C=O) groups is 2. The number of aliphatic imine (C=N–C) groups is 1. The third-order valence-corrected chi connectivity index (χ3v) is 11.5. The number of amides is 2. The zero-order valence-electron chi connectivity index (χ0n) is 26.5. The molecule has 256 valence electrons. The number of hydrogen-bond donors (Lipinski definition) is 2. The standard InChI is InChI=1S/C34H31Cl4N5O4S2/c1-4-5-16-42(49(46,47)24-13-10-20(2)11-14-24)29-8-6-7-9-30(29)48-32-33(40-28-19-23(39-21(3)44)12-15-25(28)36)41-43(34(32)45)31-26(37)17-22(35)18-27(31)38/h6-15,17-19,32H,4-5,16H2,1-3H3,(H,39,44)(H,40,41). The molecule has 0 aliphatic carbocycles. The maximum atomic E-state index is 14.3. The molecule has 1 heterocycles. The highest BCUT2D eigenvalue weighted by Gasteiger charge is 2.42. The van der Waals surface area contributed by atoms with Gasteiger partial charge in [-0.15, -0.1) is 11.8 Å². The summed E-state index contributed by atoms with van der Waals surface area (Å²) in [7, 11) is -3.98. The largest absolute Gasteiger partial charge is 0.326 e. The Morgan fingerprint density at radius 1 is 0.980 bits per heavy atom. The average molecular weight is 780 g/mol. The van der Waals surface area contributed by atoms with Crippen molar-refractivity contribution in [2.75, 3.05) is 21.2 Å². The van der Waals surface area contributed by atoms with Gasteiger partial charge < -0.3 is 5.32 Å². The van der Waals surface area contributed by atoms with Gasteiger partial charge in [-0.1, -0.05) is 89.6 Å². The number of aryl methyl sites for hydroxylation is 1. The Bertz CT molecular complexity index is 2020. The van der Waals surface area contributed by atoms with E-state index >= 15 is 0 Å². The first kappa shape index (κ1) is 36.8. The average Bonchev–Trinajstić information content (AvgIpc) is 3.32. The normalized spacial score (nSPS) is 15.4. The first-order chi connectivity index (χ1) is 23.3. The van der Waals surface area contributed by atoms with Gasteiger partial charge >= 0.3 is 0 Å². The summed E-state index contributed by atoms with van der Waals surface area (Å²) in [6.07, 6.45) is 1.36. The van der Waals surface area contributed by atoms with Crippen molar-refractivity contribution in [1.82, 2.24) is 5.43 Å². The number of amidine groups is 1. The van der Waals surface area contributed by atoms with Crippen molar-refractivity contribution in [2.45, 2.75) is 48.7 Å². The van der Waals surface area contributed by atoms with Crippen LogP contribution in [0.25, 0.3) is 0 Å². The van der Waals surface area contributed by atoms with Gasteiger partial charge in [0.1, 0.15) is 16.8 Å². The van der Waals surface area contributed by atoms with E-state index < -0.39 is 21.2 Å². The van der Waals surface area contributed by atoms with Gasteiger partial charge in [-0.25, -0.2) is 18.4 Å². The monoisotopic (exact) mass is 777 g/mol. The van der Waals surface area contributed by atoms with Crippen LogP contribution in [0, 0.1) is 6.92 Å². The molecular formula is C34H31Cl4N5O4S2. The van der Waals surface area contributed by atoms with E-state index in [2.05, 4.69) is 10.7 Å². The molecule has 0 bridgehead atoms. The number of nitrogens with zero attached hydrogens (tertiary/aromatic N) is 3. The smallest absolute Gasteiger partial charge is 0.267 e. The van der Waals surface area contributed by atoms with Gasteiger partial charge in [0, 0.05) is 29.1 Å². The highest BCUT2D eigenvalue weighted by Crippen LogP contribution is 2.42. The minimum absolute atomic E-state index is 0.115. The van der Waals surface area contributed by atoms with E-state index in [9.17, 15) is 18.0 Å². The lowest BCUT2D eigenvalue weighted by Gasteiger charge is -2.27. The first-order valence-corrected chi connectivity index (χ1v) is 18.9. The molecule has 4 aromatic carbocycles. The van der Waals surface area contributed by atoms with Gasteiger partial charge in [-0.3, -0.25) is 19.3 Å². The molecule has 1 fully saturated rings. The third-order valence-electron chi connectivity index (χ3n) is 7.33. The summed E-state index contributed by atoms with van der Waals surface area (Å²) in [6.45, 7) is 5.47. The second-order valence-electron chi connectivity index (χ2n) is 11.1. The maximum absolute atomic E-state index is 14.3. The lowest BCUT2D eigenvalue weighted by molar-refractivity contribution is -0.116. The van der Waals surface area contributed by atoms with Crippen molar-refractivity contribution in [3.63, 3.8) is 0 Å². The van der Waals surface area contributed by atoms with Crippen molar-refractivity contribution in [3.8, 4) is 0 Å². The summed E-state index contributed by atoms with van der Waals surface area (Å²) >= 11 is 26.9. The highest BCUT2D eigenvalue weighted by molar-refractivity contribution is 8.01. The number of sulfonamides is 1. The van der Waals surface area contributed by atoms with Crippen LogP contribution in [-0.2, 0) is 19.6 Å². The maximum Gasteiger partial charge on any atom is 0.267 e. The molecule has 2 amide bonds. The van der Waals surface area contributed by atoms with Gasteiger partial charge in [0.05, 0.1) is 31.3 Å². The van der Waals surface area contributed by atoms with Crippen LogP contribution in [-0.4, -0.2) is 37.9 Å². The third kappa shape index (κ3) is 8.30. The number of nitrogens with one attached hydrogen (secondary N) is 2. The molecule has 1 saturated heterocycles. The summed E-state index contributed by atoms with van der Waals surface area (Å²) in [5.41, 5.74) is 5.24. The Morgan fingerprint density at radius 2 is 1.65 bits per heavy atom. The van der Waals surface area contributed by atoms with E-state index in [0.717, 1.165) is 23.7 Å². The molecule has 1 aliphatic rings. The summed E-state index contributed by atoms with van der Waals surface area (Å²) < 4.78 is 29.6. The number of hydrogen-bond acceptors (Lipinski definition) is 6. The molecule has 2 N–H and O–H groups in total. The number of rotatable bonds is 11. The molecule has 0 radical (unpaired) electrons. The Labute approximate surface area is 309 Å². The Morgan fingerprint density at radius 3 is 2.31 bits per heavy atom. The van der Waals surface area contributed by atoms with Crippen LogP contribution < -0.4 is 20.1 Å². The number of hydrazine groups is 1. The summed E-state index contributed by atoms with van der Waals surface area (Å²) in [5, 5.41) is 3.61. The number of para-hydroxylation sites is 1. The molecule has 9 nitrogen and oxygen atoms in total. The van der Waals surface area contributed by atoms with Crippen LogP contribution in [0.1, 0.15) is 32.3 Å². The first-order valence-electron chi connectivity index (χ1n) is 15.1. The fourth-order valence-electron chi connectivity index (χ4n) is 4.97. The fraction of sp³-hybridized carbons (Fsp3) is 0.206. The molecule has 15 heteroatoms. The van der Waals surface area contributed by atoms with Crippen LogP contribution in [0.15, 0.2) is 93.6 Å². The number of unbranched alkanes of at least 4 members (excludes halogenated alkanes) is 1. The predicted molar refractivity (Wildman–Crippen MR) is 202 cm³/mol. The van der Waals surface area contributed by atoms with E-state index in [-0.39, 0.29) is 54.6 Å². The van der Waals surface area contributed by atoms with Gasteiger partial charge in [0.25, 0.3) is 15.9 Å². The molecular weight excluding hydrogens is 748 g/mol. The molecule has 49 heavy (non-hydrogen) atoms. The molecule has 0 spiro atoms. The van der Waals surface area contributed by atoms with Crippen LogP contribution >= 0.6 is 58.2 Å². The number of halogens is 4. The number of benzene rings is 4. The fourth-order valence-corrected chi connectivity index (χ4v) is 8.83. The van der Waals surface area contributed by atoms with E-state index in [1.54, 1.807) is 66.7 Å². The quantitative estimate of drug-likeness (QED) is 0.157.